The average molecular weight is 529 g/mol. The number of unbranched alkanes of at least 4 members (excludes halogenated alkanes) is 1. The van der Waals surface area contributed by atoms with Crippen LogP contribution in [0.5, 0.6) is 0 Å². The molecule has 0 radical (unpaired) electrons. The van der Waals surface area contributed by atoms with Crippen LogP contribution < -0.4 is 10.6 Å². The molecule has 0 aromatic heterocycles. The molecule has 2 saturated heterocycles. The summed E-state index contributed by atoms with van der Waals surface area (Å²) in [4.78, 5) is 23.8. The van der Waals surface area contributed by atoms with E-state index in [0.717, 1.165) is 0 Å². The molecule has 36 heavy (non-hydrogen) atoms. The highest BCUT2D eigenvalue weighted by Crippen LogP contribution is 2.22. The smallest absolute Gasteiger partial charge is 0.246 e. The van der Waals surface area contributed by atoms with E-state index >= 15 is 0 Å². The third-order valence-corrected chi connectivity index (χ3v) is 5.70. The van der Waals surface area contributed by atoms with E-state index in [-0.39, 0.29) is 13.1 Å². The highest BCUT2D eigenvalue weighted by molar-refractivity contribution is 5.77. The van der Waals surface area contributed by atoms with Gasteiger partial charge in [-0.3, -0.25) is 9.59 Å². The van der Waals surface area contributed by atoms with Crippen molar-refractivity contribution in [2.45, 2.75) is 74.3 Å². The number of carbonyl (C=O) groups excluding carboxylic acids is 2. The summed E-state index contributed by atoms with van der Waals surface area (Å²) < 4.78 is 20.5. The lowest BCUT2D eigenvalue weighted by Crippen LogP contribution is -2.59. The number of hydrogen-bond acceptors (Lipinski definition) is 14. The number of ether oxygens (including phenoxy) is 4. The zero-order valence-electron chi connectivity index (χ0n) is 19.5. The lowest BCUT2D eigenvalue weighted by atomic mass is 9.99. The van der Waals surface area contributed by atoms with E-state index in [4.69, 9.17) is 29.2 Å². The Kier molecular flexibility index (Phi) is 12.8. The van der Waals surface area contributed by atoms with Crippen molar-refractivity contribution in [2.75, 3.05) is 39.5 Å². The van der Waals surface area contributed by atoms with E-state index < -0.39 is 99.7 Å². The van der Waals surface area contributed by atoms with Gasteiger partial charge in [-0.15, -0.1) is 0 Å². The Hall–Kier alpha value is -1.54. The summed E-state index contributed by atoms with van der Waals surface area (Å²) in [5, 5.41) is 81.9. The Morgan fingerprint density at radius 2 is 0.972 bits per heavy atom. The molecule has 0 spiro atoms. The SMILES string of the molecule is O=C(CO[C@H]1O[C@H](CO)[C@@H](O)[C@H](O)[C@H]1O)NCCCCNC(=O)CO[C@H]1O[C@H](CO)[C@@H](O)[C@H](O)[C@H]1O. The van der Waals surface area contributed by atoms with Gasteiger partial charge in [0, 0.05) is 13.1 Å². The molecule has 2 aliphatic rings. The summed E-state index contributed by atoms with van der Waals surface area (Å²) in [5.41, 5.74) is 0. The number of nitrogens with one attached hydrogen (secondary N) is 2. The molecule has 10 atom stereocenters. The number of carbonyl (C=O) groups is 2. The minimum atomic E-state index is -1.61. The zero-order valence-corrected chi connectivity index (χ0v) is 19.5. The van der Waals surface area contributed by atoms with Crippen molar-refractivity contribution in [2.24, 2.45) is 0 Å². The van der Waals surface area contributed by atoms with Gasteiger partial charge in [-0.05, 0) is 12.8 Å². The van der Waals surface area contributed by atoms with Crippen molar-refractivity contribution in [1.29, 1.82) is 0 Å². The standard InChI is InChI=1S/C20H36N2O14/c23-5-9-13(27)15(29)17(31)19(35-9)33-7-11(25)21-3-1-2-4-22-12(26)8-34-20-18(32)16(30)14(28)10(6-24)36-20/h9-10,13-20,23-24,27-32H,1-8H2,(H,21,25)(H,22,26)/t9-,10-,13-,14-,15+,16+,17-,18-,19+,20+/m1/s1. The Balaban J connectivity index is 1.55. The first-order chi connectivity index (χ1) is 17.1. The maximum atomic E-state index is 11.9. The minimum absolute atomic E-state index is 0.244. The van der Waals surface area contributed by atoms with E-state index in [2.05, 4.69) is 10.6 Å². The summed E-state index contributed by atoms with van der Waals surface area (Å²) in [5.74, 6) is -1.08. The predicted octanol–water partition coefficient (Wildman–Crippen LogP) is -6.37. The van der Waals surface area contributed by atoms with Gasteiger partial charge in [0.2, 0.25) is 11.8 Å². The van der Waals surface area contributed by atoms with Crippen LogP contribution in [0.4, 0.5) is 0 Å². The molecule has 2 aliphatic heterocycles. The molecular formula is C20H36N2O14. The number of hydrogen-bond donors (Lipinski definition) is 10. The van der Waals surface area contributed by atoms with Crippen molar-refractivity contribution >= 4 is 11.8 Å². The molecule has 210 valence electrons. The molecule has 0 aromatic carbocycles. The Morgan fingerprint density at radius 1 is 0.611 bits per heavy atom. The Morgan fingerprint density at radius 3 is 1.31 bits per heavy atom. The first-order valence-electron chi connectivity index (χ1n) is 11.5. The van der Waals surface area contributed by atoms with Crippen molar-refractivity contribution in [3.63, 3.8) is 0 Å². The minimum Gasteiger partial charge on any atom is -0.394 e. The molecule has 0 aromatic rings. The predicted molar refractivity (Wildman–Crippen MR) is 115 cm³/mol. The summed E-state index contributed by atoms with van der Waals surface area (Å²) in [6.45, 7) is -1.76. The van der Waals surface area contributed by atoms with Crippen molar-refractivity contribution in [1.82, 2.24) is 10.6 Å². The molecule has 16 nitrogen and oxygen atoms in total. The molecule has 0 bridgehead atoms. The van der Waals surface area contributed by atoms with Crippen LogP contribution in [-0.2, 0) is 28.5 Å². The largest absolute Gasteiger partial charge is 0.394 e. The Labute approximate surface area is 206 Å². The van der Waals surface area contributed by atoms with Crippen LogP contribution in [0.25, 0.3) is 0 Å². The van der Waals surface area contributed by atoms with Gasteiger partial charge in [0.25, 0.3) is 0 Å². The van der Waals surface area contributed by atoms with Crippen LogP contribution in [0.15, 0.2) is 0 Å². The molecular weight excluding hydrogens is 492 g/mol. The van der Waals surface area contributed by atoms with Gasteiger partial charge < -0.3 is 70.4 Å². The molecule has 2 rings (SSSR count). The summed E-state index contributed by atoms with van der Waals surface area (Å²) in [6, 6.07) is 0. The molecule has 10 N–H and O–H groups in total. The number of aliphatic hydroxyl groups is 8. The van der Waals surface area contributed by atoms with Crippen LogP contribution >= 0.6 is 0 Å². The first kappa shape index (κ1) is 30.7. The van der Waals surface area contributed by atoms with E-state index in [1.165, 1.54) is 0 Å². The third kappa shape index (κ3) is 8.51. The topological polar surface area (TPSA) is 257 Å². The maximum absolute atomic E-state index is 11.9. The normalized spacial score (nSPS) is 36.9. The lowest BCUT2D eigenvalue weighted by Gasteiger charge is -2.39. The monoisotopic (exact) mass is 528 g/mol. The lowest BCUT2D eigenvalue weighted by molar-refractivity contribution is -0.299. The second kappa shape index (κ2) is 15.0. The summed E-state index contributed by atoms with van der Waals surface area (Å²) in [7, 11) is 0. The zero-order chi connectivity index (χ0) is 26.8. The highest BCUT2D eigenvalue weighted by Gasteiger charge is 2.45. The van der Waals surface area contributed by atoms with Crippen LogP contribution in [0.3, 0.4) is 0 Å². The van der Waals surface area contributed by atoms with Gasteiger partial charge in [0.15, 0.2) is 12.6 Å². The van der Waals surface area contributed by atoms with Crippen molar-refractivity contribution < 1.29 is 69.4 Å². The van der Waals surface area contributed by atoms with E-state index in [0.29, 0.717) is 12.8 Å². The number of amides is 2. The van der Waals surface area contributed by atoms with Crippen LogP contribution in [-0.4, -0.2) is 154 Å². The van der Waals surface area contributed by atoms with E-state index in [1.54, 1.807) is 0 Å². The second-order valence-electron chi connectivity index (χ2n) is 8.42. The van der Waals surface area contributed by atoms with Gasteiger partial charge in [-0.1, -0.05) is 0 Å². The number of aliphatic hydroxyl groups excluding tert-OH is 8. The molecule has 0 unspecified atom stereocenters. The third-order valence-electron chi connectivity index (χ3n) is 5.70. The van der Waals surface area contributed by atoms with Gasteiger partial charge >= 0.3 is 0 Å². The molecule has 2 heterocycles. The number of rotatable bonds is 13. The van der Waals surface area contributed by atoms with E-state index in [9.17, 15) is 40.2 Å². The van der Waals surface area contributed by atoms with Gasteiger partial charge in [0.1, 0.15) is 62.0 Å². The van der Waals surface area contributed by atoms with Gasteiger partial charge in [-0.2, -0.15) is 0 Å². The van der Waals surface area contributed by atoms with Crippen molar-refractivity contribution in [3.05, 3.63) is 0 Å². The Bertz CT molecular complexity index is 627. The van der Waals surface area contributed by atoms with Crippen LogP contribution in [0, 0.1) is 0 Å². The van der Waals surface area contributed by atoms with E-state index in [1.807, 2.05) is 0 Å². The van der Waals surface area contributed by atoms with Crippen LogP contribution in [0.1, 0.15) is 12.8 Å². The molecule has 2 fully saturated rings. The average Bonchev–Trinajstić information content (AvgIpc) is 2.87. The fourth-order valence-corrected chi connectivity index (χ4v) is 3.53. The van der Waals surface area contributed by atoms with Crippen molar-refractivity contribution in [3.8, 4) is 0 Å². The fourth-order valence-electron chi connectivity index (χ4n) is 3.53. The molecule has 0 saturated carbocycles. The summed E-state index contributed by atoms with van der Waals surface area (Å²) >= 11 is 0. The molecule has 16 heteroatoms. The molecule has 2 amide bonds. The second-order valence-corrected chi connectivity index (χ2v) is 8.42. The first-order valence-corrected chi connectivity index (χ1v) is 11.5. The van der Waals surface area contributed by atoms with Gasteiger partial charge in [0.05, 0.1) is 13.2 Å². The summed E-state index contributed by atoms with van der Waals surface area (Å²) in [6.07, 6.45) is -13.6. The maximum Gasteiger partial charge on any atom is 0.246 e. The van der Waals surface area contributed by atoms with Gasteiger partial charge in [-0.25, -0.2) is 0 Å². The quantitative estimate of drug-likeness (QED) is 0.0998. The fraction of sp³-hybridized carbons (Fsp3) is 0.900. The van der Waals surface area contributed by atoms with Crippen LogP contribution in [0.2, 0.25) is 0 Å². The molecule has 0 aliphatic carbocycles. The highest BCUT2D eigenvalue weighted by atomic mass is 16.7.